The van der Waals surface area contributed by atoms with Crippen LogP contribution in [0.15, 0.2) is 69.6 Å². The highest BCUT2D eigenvalue weighted by atomic mass is 79.9. The Kier molecular flexibility index (Phi) is 6.51. The molecule has 0 atom stereocenters. The molecule has 0 aliphatic heterocycles. The van der Waals surface area contributed by atoms with Gasteiger partial charge in [0.15, 0.2) is 0 Å². The fourth-order valence-electron chi connectivity index (χ4n) is 2.22. The van der Waals surface area contributed by atoms with E-state index in [0.29, 0.717) is 10.6 Å². The summed E-state index contributed by atoms with van der Waals surface area (Å²) in [7, 11) is 0. The zero-order valence-electron chi connectivity index (χ0n) is 14.4. The van der Waals surface area contributed by atoms with E-state index < -0.39 is 4.92 Å². The maximum absolute atomic E-state index is 11.8. The third-order valence-electron chi connectivity index (χ3n) is 3.62. The van der Waals surface area contributed by atoms with E-state index >= 15 is 0 Å². The van der Waals surface area contributed by atoms with Crippen LogP contribution < -0.4 is 10.2 Å². The molecule has 0 unspecified atom stereocenters. The molecule has 0 aliphatic rings. The Hall–Kier alpha value is -3.04. The summed E-state index contributed by atoms with van der Waals surface area (Å²) < 4.78 is 6.47. The first-order valence-corrected chi connectivity index (χ1v) is 9.73. The van der Waals surface area contributed by atoms with Crippen LogP contribution in [0.5, 0.6) is 5.75 Å². The van der Waals surface area contributed by atoms with Gasteiger partial charge in [-0.25, -0.2) is 5.43 Å². The molecule has 0 radical (unpaired) electrons. The predicted octanol–water partition coefficient (Wildman–Crippen LogP) is 4.76. The van der Waals surface area contributed by atoms with Crippen molar-refractivity contribution in [1.29, 1.82) is 0 Å². The lowest BCUT2D eigenvalue weighted by atomic mass is 10.2. The highest BCUT2D eigenvalue weighted by Crippen LogP contribution is 2.26. The van der Waals surface area contributed by atoms with E-state index in [0.717, 1.165) is 15.6 Å². The number of hydrogen-bond donors (Lipinski definition) is 1. The number of carbonyl (C=O) groups excluding carboxylic acids is 1. The predicted molar refractivity (Wildman–Crippen MR) is 111 cm³/mol. The van der Waals surface area contributed by atoms with Gasteiger partial charge in [0.2, 0.25) is 0 Å². The molecule has 0 fully saturated rings. The SMILES string of the molecule is O=C(N/N=C\c1ccc(OCc2ccc([N+](=O)[O-])cc2)c(Br)c1)c1cccs1. The van der Waals surface area contributed by atoms with E-state index in [1.54, 1.807) is 36.4 Å². The minimum absolute atomic E-state index is 0.0414. The van der Waals surface area contributed by atoms with Gasteiger partial charge in [0.25, 0.3) is 11.6 Å². The van der Waals surface area contributed by atoms with E-state index in [9.17, 15) is 14.9 Å². The van der Waals surface area contributed by atoms with Gasteiger partial charge in [0.05, 0.1) is 20.5 Å². The van der Waals surface area contributed by atoms with Crippen LogP contribution in [-0.2, 0) is 6.61 Å². The molecule has 0 saturated carbocycles. The van der Waals surface area contributed by atoms with Gasteiger partial charge in [-0.05, 0) is 68.8 Å². The number of non-ortho nitro benzene ring substituents is 1. The zero-order chi connectivity index (χ0) is 19.9. The highest BCUT2D eigenvalue weighted by Gasteiger charge is 2.07. The summed E-state index contributed by atoms with van der Waals surface area (Å²) >= 11 is 4.79. The van der Waals surface area contributed by atoms with Crippen LogP contribution in [0.2, 0.25) is 0 Å². The molecule has 3 aromatic rings. The fraction of sp³-hybridized carbons (Fsp3) is 0.0526. The molecular formula is C19H14BrN3O4S. The number of carbonyl (C=O) groups is 1. The Morgan fingerprint density at radius 1 is 1.25 bits per heavy atom. The van der Waals surface area contributed by atoms with Crippen molar-refractivity contribution in [2.75, 3.05) is 0 Å². The van der Waals surface area contributed by atoms with Crippen molar-refractivity contribution < 1.29 is 14.5 Å². The largest absolute Gasteiger partial charge is 0.488 e. The molecule has 7 nitrogen and oxygen atoms in total. The van der Waals surface area contributed by atoms with Crippen LogP contribution >= 0.6 is 27.3 Å². The number of benzene rings is 2. The molecule has 1 aromatic heterocycles. The first-order valence-electron chi connectivity index (χ1n) is 8.05. The second-order valence-corrected chi connectivity index (χ2v) is 7.38. The van der Waals surface area contributed by atoms with Crippen molar-refractivity contribution in [2.24, 2.45) is 5.10 Å². The number of hydrazone groups is 1. The number of nitrogens with zero attached hydrogens (tertiary/aromatic N) is 2. The number of halogens is 1. The van der Waals surface area contributed by atoms with Crippen LogP contribution in [0.3, 0.4) is 0 Å². The summed E-state index contributed by atoms with van der Waals surface area (Å²) in [5, 5.41) is 16.4. The Labute approximate surface area is 172 Å². The Morgan fingerprint density at radius 2 is 2.04 bits per heavy atom. The smallest absolute Gasteiger partial charge is 0.281 e. The van der Waals surface area contributed by atoms with Crippen molar-refractivity contribution in [3.8, 4) is 5.75 Å². The third kappa shape index (κ3) is 5.24. The fourth-order valence-corrected chi connectivity index (χ4v) is 3.34. The molecule has 0 saturated heterocycles. The minimum Gasteiger partial charge on any atom is -0.488 e. The summed E-state index contributed by atoms with van der Waals surface area (Å²) in [5.41, 5.74) is 4.11. The lowest BCUT2D eigenvalue weighted by molar-refractivity contribution is -0.384. The average molecular weight is 460 g/mol. The molecule has 0 spiro atoms. The molecule has 0 aliphatic carbocycles. The van der Waals surface area contributed by atoms with Crippen LogP contribution in [0.4, 0.5) is 5.69 Å². The second-order valence-electron chi connectivity index (χ2n) is 5.58. The molecule has 2 aromatic carbocycles. The van der Waals surface area contributed by atoms with E-state index in [-0.39, 0.29) is 18.2 Å². The number of amides is 1. The van der Waals surface area contributed by atoms with Crippen molar-refractivity contribution in [1.82, 2.24) is 5.43 Å². The molecule has 142 valence electrons. The Bertz CT molecular complexity index is 1000. The van der Waals surface area contributed by atoms with Crippen molar-refractivity contribution in [3.63, 3.8) is 0 Å². The van der Waals surface area contributed by atoms with Gasteiger partial charge < -0.3 is 4.74 Å². The number of rotatable bonds is 7. The summed E-state index contributed by atoms with van der Waals surface area (Å²) in [4.78, 5) is 22.6. The summed E-state index contributed by atoms with van der Waals surface area (Å²) in [6, 6.07) is 15.1. The summed E-state index contributed by atoms with van der Waals surface area (Å²) in [6.45, 7) is 0.279. The van der Waals surface area contributed by atoms with Gasteiger partial charge in [-0.1, -0.05) is 6.07 Å². The van der Waals surface area contributed by atoms with Crippen LogP contribution in [-0.4, -0.2) is 17.0 Å². The van der Waals surface area contributed by atoms with Crippen molar-refractivity contribution in [2.45, 2.75) is 6.61 Å². The minimum atomic E-state index is -0.440. The molecule has 1 N–H and O–H groups in total. The van der Waals surface area contributed by atoms with Gasteiger partial charge in [-0.15, -0.1) is 11.3 Å². The first kappa shape index (κ1) is 19.7. The third-order valence-corrected chi connectivity index (χ3v) is 5.11. The highest BCUT2D eigenvalue weighted by molar-refractivity contribution is 9.10. The second kappa shape index (κ2) is 9.25. The summed E-state index contributed by atoms with van der Waals surface area (Å²) in [6.07, 6.45) is 1.54. The molecular weight excluding hydrogens is 446 g/mol. The number of nitro benzene ring substituents is 1. The van der Waals surface area contributed by atoms with E-state index in [2.05, 4.69) is 26.5 Å². The van der Waals surface area contributed by atoms with Gasteiger partial charge in [-0.2, -0.15) is 5.10 Å². The maximum atomic E-state index is 11.8. The number of ether oxygens (including phenoxy) is 1. The quantitative estimate of drug-likeness (QED) is 0.313. The molecule has 0 bridgehead atoms. The molecule has 28 heavy (non-hydrogen) atoms. The van der Waals surface area contributed by atoms with E-state index in [1.807, 2.05) is 11.4 Å². The van der Waals surface area contributed by atoms with Gasteiger partial charge >= 0.3 is 0 Å². The van der Waals surface area contributed by atoms with E-state index in [4.69, 9.17) is 4.74 Å². The lowest BCUT2D eigenvalue weighted by Gasteiger charge is -2.09. The number of hydrogen-bond acceptors (Lipinski definition) is 6. The first-order chi connectivity index (χ1) is 13.5. The van der Waals surface area contributed by atoms with Crippen LogP contribution in [0, 0.1) is 10.1 Å². The molecule has 1 heterocycles. The molecule has 3 rings (SSSR count). The van der Waals surface area contributed by atoms with Crippen LogP contribution in [0.1, 0.15) is 20.8 Å². The van der Waals surface area contributed by atoms with Gasteiger partial charge in [0, 0.05) is 12.1 Å². The average Bonchev–Trinajstić information content (AvgIpc) is 3.22. The standard InChI is InChI=1S/C19H14BrN3O4S/c20-16-10-14(11-21-22-19(24)18-2-1-9-28-18)5-8-17(16)27-12-13-3-6-15(7-4-13)23(25)26/h1-11H,12H2,(H,22,24)/b21-11-. The normalized spacial score (nSPS) is 10.8. The molecule has 1 amide bonds. The van der Waals surface area contributed by atoms with Crippen molar-refractivity contribution >= 4 is 45.1 Å². The lowest BCUT2D eigenvalue weighted by Crippen LogP contribution is -2.16. The Balaban J connectivity index is 1.56. The van der Waals surface area contributed by atoms with E-state index in [1.165, 1.54) is 29.7 Å². The van der Waals surface area contributed by atoms with Crippen molar-refractivity contribution in [3.05, 3.63) is 90.6 Å². The topological polar surface area (TPSA) is 93.8 Å². The number of nitro groups is 1. The zero-order valence-corrected chi connectivity index (χ0v) is 16.8. The monoisotopic (exact) mass is 459 g/mol. The van der Waals surface area contributed by atoms with Gasteiger partial charge in [0.1, 0.15) is 12.4 Å². The van der Waals surface area contributed by atoms with Crippen LogP contribution in [0.25, 0.3) is 0 Å². The van der Waals surface area contributed by atoms with Gasteiger partial charge in [-0.3, -0.25) is 14.9 Å². The number of nitrogens with one attached hydrogen (secondary N) is 1. The number of thiophene rings is 1. The Morgan fingerprint density at radius 3 is 2.68 bits per heavy atom. The molecule has 9 heteroatoms. The summed E-state index contributed by atoms with van der Waals surface area (Å²) in [5.74, 6) is 0.367. The maximum Gasteiger partial charge on any atom is 0.281 e.